The third-order valence-corrected chi connectivity index (χ3v) is 4.76. The second kappa shape index (κ2) is 6.71. The number of carbonyl (C=O) groups is 1. The zero-order valence-electron chi connectivity index (χ0n) is 12.6. The van der Waals surface area contributed by atoms with Crippen LogP contribution in [0.15, 0.2) is 0 Å². The van der Waals surface area contributed by atoms with E-state index in [-0.39, 0.29) is 12.0 Å². The first kappa shape index (κ1) is 14.8. The first-order chi connectivity index (χ1) is 9.17. The average molecular weight is 268 g/mol. The van der Waals surface area contributed by atoms with E-state index in [2.05, 4.69) is 23.8 Å². The van der Waals surface area contributed by atoms with Crippen molar-refractivity contribution in [2.45, 2.75) is 51.6 Å². The van der Waals surface area contributed by atoms with Crippen LogP contribution in [0.4, 0.5) is 0 Å². The molecule has 110 valence electrons. The largest absolute Gasteiger partial charge is 0.465 e. The predicted octanol–water partition coefficient (Wildman–Crippen LogP) is 1.74. The topological polar surface area (TPSA) is 32.8 Å². The summed E-state index contributed by atoms with van der Waals surface area (Å²) in [5.74, 6) is 0.698. The van der Waals surface area contributed by atoms with Gasteiger partial charge in [-0.05, 0) is 52.1 Å². The number of esters is 1. The second-order valence-electron chi connectivity index (χ2n) is 5.91. The number of carbonyl (C=O) groups excluding carboxylic acids is 1. The quantitative estimate of drug-likeness (QED) is 0.727. The molecule has 0 radical (unpaired) electrons. The molecule has 2 fully saturated rings. The Morgan fingerprint density at radius 2 is 2.11 bits per heavy atom. The van der Waals surface area contributed by atoms with Gasteiger partial charge in [-0.1, -0.05) is 6.92 Å². The van der Waals surface area contributed by atoms with E-state index in [9.17, 15) is 4.79 Å². The Morgan fingerprint density at radius 1 is 1.32 bits per heavy atom. The van der Waals surface area contributed by atoms with Crippen LogP contribution in [0.3, 0.4) is 0 Å². The molecule has 2 aliphatic heterocycles. The zero-order chi connectivity index (χ0) is 13.8. The number of nitrogens with zero attached hydrogens (tertiary/aromatic N) is 2. The van der Waals surface area contributed by atoms with E-state index >= 15 is 0 Å². The molecule has 2 heterocycles. The van der Waals surface area contributed by atoms with E-state index in [1.54, 1.807) is 0 Å². The Morgan fingerprint density at radius 3 is 2.79 bits per heavy atom. The summed E-state index contributed by atoms with van der Waals surface area (Å²) < 4.78 is 5.21. The van der Waals surface area contributed by atoms with Gasteiger partial charge in [-0.2, -0.15) is 0 Å². The van der Waals surface area contributed by atoms with Crippen molar-refractivity contribution in [1.29, 1.82) is 0 Å². The monoisotopic (exact) mass is 268 g/mol. The predicted molar refractivity (Wildman–Crippen MR) is 76.0 cm³/mol. The molecule has 0 aromatic rings. The molecule has 0 bridgehead atoms. The van der Waals surface area contributed by atoms with Crippen molar-refractivity contribution < 1.29 is 9.53 Å². The Hall–Kier alpha value is -0.610. The van der Waals surface area contributed by atoms with Crippen molar-refractivity contribution in [1.82, 2.24) is 9.80 Å². The SMILES string of the molecule is CCOC(=O)C(CC)N1CCC2C(CCCN2C)C1. The van der Waals surface area contributed by atoms with Crippen molar-refractivity contribution >= 4 is 5.97 Å². The summed E-state index contributed by atoms with van der Waals surface area (Å²) in [5.41, 5.74) is 0. The smallest absolute Gasteiger partial charge is 0.323 e. The Labute approximate surface area is 117 Å². The highest BCUT2D eigenvalue weighted by Gasteiger charge is 2.37. The van der Waals surface area contributed by atoms with Gasteiger partial charge in [0.1, 0.15) is 6.04 Å². The summed E-state index contributed by atoms with van der Waals surface area (Å²) >= 11 is 0. The van der Waals surface area contributed by atoms with E-state index < -0.39 is 0 Å². The Kier molecular flexibility index (Phi) is 5.22. The van der Waals surface area contributed by atoms with Gasteiger partial charge in [-0.3, -0.25) is 9.69 Å². The molecule has 0 amide bonds. The van der Waals surface area contributed by atoms with Crippen LogP contribution >= 0.6 is 0 Å². The maximum atomic E-state index is 12.0. The van der Waals surface area contributed by atoms with Crippen molar-refractivity contribution in [3.8, 4) is 0 Å². The van der Waals surface area contributed by atoms with Crippen LogP contribution in [0.2, 0.25) is 0 Å². The van der Waals surface area contributed by atoms with Gasteiger partial charge in [-0.25, -0.2) is 0 Å². The molecule has 4 heteroatoms. The van der Waals surface area contributed by atoms with Crippen molar-refractivity contribution in [2.75, 3.05) is 33.3 Å². The molecule has 19 heavy (non-hydrogen) atoms. The summed E-state index contributed by atoms with van der Waals surface area (Å²) in [6.07, 6.45) is 4.65. The van der Waals surface area contributed by atoms with E-state index in [1.807, 2.05) is 6.92 Å². The molecule has 0 N–H and O–H groups in total. The van der Waals surface area contributed by atoms with Gasteiger partial charge in [0.25, 0.3) is 0 Å². The fraction of sp³-hybridized carbons (Fsp3) is 0.933. The van der Waals surface area contributed by atoms with Crippen LogP contribution in [0.5, 0.6) is 0 Å². The molecule has 0 aromatic heterocycles. The molecular formula is C15H28N2O2. The van der Waals surface area contributed by atoms with Crippen LogP contribution < -0.4 is 0 Å². The van der Waals surface area contributed by atoms with Crippen molar-refractivity contribution in [3.63, 3.8) is 0 Å². The molecule has 3 atom stereocenters. The number of fused-ring (bicyclic) bond motifs is 1. The van der Waals surface area contributed by atoms with Crippen LogP contribution in [-0.4, -0.2) is 61.1 Å². The molecule has 0 spiro atoms. The molecule has 0 aromatic carbocycles. The molecular weight excluding hydrogens is 240 g/mol. The molecule has 4 nitrogen and oxygen atoms in total. The van der Waals surface area contributed by atoms with Crippen molar-refractivity contribution in [2.24, 2.45) is 5.92 Å². The van der Waals surface area contributed by atoms with Gasteiger partial charge in [0.2, 0.25) is 0 Å². The molecule has 2 rings (SSSR count). The van der Waals surface area contributed by atoms with Crippen LogP contribution in [0.25, 0.3) is 0 Å². The maximum Gasteiger partial charge on any atom is 0.323 e. The minimum atomic E-state index is -0.0346. The first-order valence-corrected chi connectivity index (χ1v) is 7.78. The van der Waals surface area contributed by atoms with E-state index in [0.29, 0.717) is 6.61 Å². The van der Waals surface area contributed by atoms with Crippen LogP contribution in [0.1, 0.15) is 39.5 Å². The lowest BCUT2D eigenvalue weighted by molar-refractivity contribution is -0.151. The van der Waals surface area contributed by atoms with Gasteiger partial charge in [0, 0.05) is 19.1 Å². The van der Waals surface area contributed by atoms with Gasteiger partial charge in [-0.15, -0.1) is 0 Å². The van der Waals surface area contributed by atoms with Crippen LogP contribution in [0, 0.1) is 5.92 Å². The number of piperidine rings is 2. The number of likely N-dealkylation sites (tertiary alicyclic amines) is 2. The van der Waals surface area contributed by atoms with Crippen molar-refractivity contribution in [3.05, 3.63) is 0 Å². The lowest BCUT2D eigenvalue weighted by Crippen LogP contribution is -2.56. The minimum absolute atomic E-state index is 0.0341. The maximum absolute atomic E-state index is 12.0. The Balaban J connectivity index is 1.96. The summed E-state index contributed by atoms with van der Waals surface area (Å²) in [7, 11) is 2.25. The zero-order valence-corrected chi connectivity index (χ0v) is 12.6. The third-order valence-electron chi connectivity index (χ3n) is 4.76. The standard InChI is InChI=1S/C15H28N2O2/c1-4-13(15(18)19-5-2)17-10-8-14-12(11-17)7-6-9-16(14)3/h12-14H,4-11H2,1-3H3. The summed E-state index contributed by atoms with van der Waals surface area (Å²) in [6, 6.07) is 0.692. The van der Waals surface area contributed by atoms with Crippen LogP contribution in [-0.2, 0) is 9.53 Å². The second-order valence-corrected chi connectivity index (χ2v) is 5.91. The summed E-state index contributed by atoms with van der Waals surface area (Å²) in [4.78, 5) is 16.9. The summed E-state index contributed by atoms with van der Waals surface area (Å²) in [5, 5.41) is 0. The molecule has 0 saturated carbocycles. The first-order valence-electron chi connectivity index (χ1n) is 7.78. The molecule has 2 saturated heterocycles. The van der Waals surface area contributed by atoms with E-state index in [4.69, 9.17) is 4.74 Å². The third kappa shape index (κ3) is 3.29. The van der Waals surface area contributed by atoms with E-state index in [0.717, 1.165) is 31.5 Å². The van der Waals surface area contributed by atoms with Gasteiger partial charge < -0.3 is 9.64 Å². The van der Waals surface area contributed by atoms with Gasteiger partial charge >= 0.3 is 5.97 Å². The fourth-order valence-corrected chi connectivity index (χ4v) is 3.78. The van der Waals surface area contributed by atoms with Gasteiger partial charge in [0.05, 0.1) is 6.61 Å². The highest BCUT2D eigenvalue weighted by atomic mass is 16.5. The normalized spacial score (nSPS) is 30.7. The number of rotatable bonds is 4. The average Bonchev–Trinajstić information content (AvgIpc) is 2.40. The Bertz CT molecular complexity index is 309. The summed E-state index contributed by atoms with van der Waals surface area (Å²) in [6.45, 7) is 7.77. The number of ether oxygens (including phenoxy) is 1. The highest BCUT2D eigenvalue weighted by Crippen LogP contribution is 2.30. The van der Waals surface area contributed by atoms with Gasteiger partial charge in [0.15, 0.2) is 0 Å². The molecule has 2 aliphatic rings. The number of hydrogen-bond acceptors (Lipinski definition) is 4. The fourth-order valence-electron chi connectivity index (χ4n) is 3.78. The number of hydrogen-bond donors (Lipinski definition) is 0. The highest BCUT2D eigenvalue weighted by molar-refractivity contribution is 5.75. The lowest BCUT2D eigenvalue weighted by atomic mass is 9.83. The molecule has 3 unspecified atom stereocenters. The molecule has 0 aliphatic carbocycles. The minimum Gasteiger partial charge on any atom is -0.465 e. The lowest BCUT2D eigenvalue weighted by Gasteiger charge is -2.47. The van der Waals surface area contributed by atoms with E-state index in [1.165, 1.54) is 25.8 Å².